The molecule has 0 bridgehead atoms. The Balaban J connectivity index is 2.31. The van der Waals surface area contributed by atoms with Gasteiger partial charge < -0.3 is 14.7 Å². The predicted molar refractivity (Wildman–Crippen MR) is 79.9 cm³/mol. The Morgan fingerprint density at radius 1 is 1.52 bits per heavy atom. The van der Waals surface area contributed by atoms with Crippen LogP contribution in [0.4, 0.5) is 10.1 Å². The van der Waals surface area contributed by atoms with Crippen molar-refractivity contribution in [2.75, 3.05) is 18.1 Å². The van der Waals surface area contributed by atoms with Crippen LogP contribution in [0.25, 0.3) is 6.08 Å². The van der Waals surface area contributed by atoms with E-state index in [0.29, 0.717) is 18.7 Å². The summed E-state index contributed by atoms with van der Waals surface area (Å²) in [7, 11) is 0. The SMILES string of the molecule is CCC1COC(C)CN1c1cc(F)cc(/C=C/C(=O)O)c1. The first-order chi connectivity index (χ1) is 9.99. The summed E-state index contributed by atoms with van der Waals surface area (Å²) in [6.45, 7) is 5.38. The van der Waals surface area contributed by atoms with E-state index in [1.165, 1.54) is 18.2 Å². The number of aliphatic carboxylic acids is 1. The van der Waals surface area contributed by atoms with Crippen molar-refractivity contribution in [3.63, 3.8) is 0 Å². The predicted octanol–water partition coefficient (Wildman–Crippen LogP) is 2.93. The summed E-state index contributed by atoms with van der Waals surface area (Å²) < 4.78 is 19.4. The third-order valence-corrected chi connectivity index (χ3v) is 3.59. The molecule has 21 heavy (non-hydrogen) atoms. The zero-order valence-electron chi connectivity index (χ0n) is 12.3. The Bertz CT molecular complexity index is 544. The van der Waals surface area contributed by atoms with Gasteiger partial charge in [0.15, 0.2) is 0 Å². The molecule has 0 aromatic heterocycles. The topological polar surface area (TPSA) is 49.8 Å². The second kappa shape index (κ2) is 6.72. The number of carboxylic acids is 1. The van der Waals surface area contributed by atoms with E-state index in [1.807, 2.05) is 13.0 Å². The smallest absolute Gasteiger partial charge is 0.328 e. The normalized spacial score (nSPS) is 22.7. The van der Waals surface area contributed by atoms with Crippen molar-refractivity contribution in [1.29, 1.82) is 0 Å². The van der Waals surface area contributed by atoms with E-state index >= 15 is 0 Å². The van der Waals surface area contributed by atoms with Crippen LogP contribution in [-0.4, -0.2) is 36.4 Å². The number of morpholine rings is 1. The quantitative estimate of drug-likeness (QED) is 0.867. The second-order valence-corrected chi connectivity index (χ2v) is 5.27. The fourth-order valence-electron chi connectivity index (χ4n) is 2.52. The highest BCUT2D eigenvalue weighted by Crippen LogP contribution is 2.26. The molecular formula is C16H20FNO3. The van der Waals surface area contributed by atoms with E-state index in [-0.39, 0.29) is 18.0 Å². The molecule has 0 spiro atoms. The number of hydrogen-bond acceptors (Lipinski definition) is 3. The van der Waals surface area contributed by atoms with Crippen molar-refractivity contribution in [3.05, 3.63) is 35.7 Å². The molecule has 1 fully saturated rings. The maximum atomic E-state index is 13.8. The third-order valence-electron chi connectivity index (χ3n) is 3.59. The molecule has 1 aromatic rings. The Kier molecular flexibility index (Phi) is 4.96. The first kappa shape index (κ1) is 15.5. The van der Waals surface area contributed by atoms with E-state index in [0.717, 1.165) is 18.2 Å². The van der Waals surface area contributed by atoms with Crippen LogP contribution < -0.4 is 4.90 Å². The highest BCUT2D eigenvalue weighted by molar-refractivity contribution is 5.85. The van der Waals surface area contributed by atoms with Gasteiger partial charge in [0.1, 0.15) is 5.82 Å². The largest absolute Gasteiger partial charge is 0.478 e. The Morgan fingerprint density at radius 2 is 2.29 bits per heavy atom. The molecule has 0 amide bonds. The van der Waals surface area contributed by atoms with Crippen molar-refractivity contribution in [3.8, 4) is 0 Å². The summed E-state index contributed by atoms with van der Waals surface area (Å²) >= 11 is 0. The molecule has 1 aliphatic rings. The van der Waals surface area contributed by atoms with Crippen molar-refractivity contribution in [1.82, 2.24) is 0 Å². The lowest BCUT2D eigenvalue weighted by molar-refractivity contribution is -0.131. The molecule has 1 aromatic carbocycles. The minimum absolute atomic E-state index is 0.0917. The van der Waals surface area contributed by atoms with Crippen LogP contribution in [0.5, 0.6) is 0 Å². The molecule has 2 atom stereocenters. The van der Waals surface area contributed by atoms with Crippen LogP contribution in [0.2, 0.25) is 0 Å². The first-order valence-electron chi connectivity index (χ1n) is 7.09. The molecule has 0 aliphatic carbocycles. The highest BCUT2D eigenvalue weighted by Gasteiger charge is 2.26. The van der Waals surface area contributed by atoms with Crippen LogP contribution in [0.3, 0.4) is 0 Å². The van der Waals surface area contributed by atoms with Gasteiger partial charge in [-0.25, -0.2) is 9.18 Å². The zero-order chi connectivity index (χ0) is 15.4. The lowest BCUT2D eigenvalue weighted by Crippen LogP contribution is -2.48. The second-order valence-electron chi connectivity index (χ2n) is 5.27. The van der Waals surface area contributed by atoms with Crippen molar-refractivity contribution in [2.24, 2.45) is 0 Å². The number of rotatable bonds is 4. The van der Waals surface area contributed by atoms with Gasteiger partial charge in [0.25, 0.3) is 0 Å². The molecular weight excluding hydrogens is 273 g/mol. The number of benzene rings is 1. The lowest BCUT2D eigenvalue weighted by atomic mass is 10.1. The van der Waals surface area contributed by atoms with E-state index in [1.54, 1.807) is 0 Å². The van der Waals surface area contributed by atoms with Gasteiger partial charge in [-0.3, -0.25) is 0 Å². The summed E-state index contributed by atoms with van der Waals surface area (Å²) in [6.07, 6.45) is 3.41. The number of carbonyl (C=O) groups is 1. The monoisotopic (exact) mass is 293 g/mol. The fraction of sp³-hybridized carbons (Fsp3) is 0.438. The molecule has 2 unspecified atom stereocenters. The Hall–Kier alpha value is -1.88. The summed E-state index contributed by atoms with van der Waals surface area (Å²) in [4.78, 5) is 12.7. The molecule has 5 heteroatoms. The summed E-state index contributed by atoms with van der Waals surface area (Å²) in [5, 5.41) is 8.67. The minimum Gasteiger partial charge on any atom is -0.478 e. The average molecular weight is 293 g/mol. The van der Waals surface area contributed by atoms with Crippen molar-refractivity contribution < 1.29 is 19.0 Å². The number of anilines is 1. The molecule has 0 saturated carbocycles. The number of halogens is 1. The minimum atomic E-state index is -1.05. The van der Waals surface area contributed by atoms with E-state index in [9.17, 15) is 9.18 Å². The van der Waals surface area contributed by atoms with Crippen LogP contribution in [0, 0.1) is 5.82 Å². The van der Waals surface area contributed by atoms with Crippen molar-refractivity contribution in [2.45, 2.75) is 32.4 Å². The Morgan fingerprint density at radius 3 is 2.95 bits per heavy atom. The Labute approximate surface area is 123 Å². The van der Waals surface area contributed by atoms with Gasteiger partial charge in [-0.05, 0) is 43.2 Å². The third kappa shape index (κ3) is 4.04. The molecule has 1 heterocycles. The molecule has 0 radical (unpaired) electrons. The van der Waals surface area contributed by atoms with Crippen molar-refractivity contribution >= 4 is 17.7 Å². The number of nitrogens with zero attached hydrogens (tertiary/aromatic N) is 1. The maximum absolute atomic E-state index is 13.8. The van der Waals surface area contributed by atoms with E-state index in [4.69, 9.17) is 9.84 Å². The summed E-state index contributed by atoms with van der Waals surface area (Å²) in [6, 6.07) is 4.83. The lowest BCUT2D eigenvalue weighted by Gasteiger charge is -2.40. The molecule has 114 valence electrons. The van der Waals surface area contributed by atoms with Crippen LogP contribution >= 0.6 is 0 Å². The number of carboxylic acid groups (broad SMARTS) is 1. The standard InChI is InChI=1S/C16H20FNO3/c1-3-14-10-21-11(2)9-18(14)15-7-12(4-5-16(19)20)6-13(17)8-15/h4-8,11,14H,3,9-10H2,1-2H3,(H,19,20)/b5-4+. The summed E-state index contributed by atoms with van der Waals surface area (Å²) in [5.41, 5.74) is 1.31. The van der Waals surface area contributed by atoms with E-state index < -0.39 is 5.97 Å². The maximum Gasteiger partial charge on any atom is 0.328 e. The van der Waals surface area contributed by atoms with E-state index in [2.05, 4.69) is 11.8 Å². The van der Waals surface area contributed by atoms with Crippen LogP contribution in [0.1, 0.15) is 25.8 Å². The van der Waals surface area contributed by atoms with Gasteiger partial charge in [0.05, 0.1) is 18.8 Å². The van der Waals surface area contributed by atoms with Crippen LogP contribution in [0.15, 0.2) is 24.3 Å². The van der Waals surface area contributed by atoms with Gasteiger partial charge >= 0.3 is 5.97 Å². The number of ether oxygens (including phenoxy) is 1. The van der Waals surface area contributed by atoms with Gasteiger partial charge in [0.2, 0.25) is 0 Å². The molecule has 2 rings (SSSR count). The molecule has 1 aliphatic heterocycles. The van der Waals surface area contributed by atoms with Gasteiger partial charge in [-0.15, -0.1) is 0 Å². The summed E-state index contributed by atoms with van der Waals surface area (Å²) in [5.74, 6) is -1.42. The van der Waals surface area contributed by atoms with Gasteiger partial charge in [-0.1, -0.05) is 6.92 Å². The zero-order valence-corrected chi connectivity index (χ0v) is 12.3. The average Bonchev–Trinajstić information content (AvgIpc) is 2.44. The van der Waals surface area contributed by atoms with Crippen LogP contribution in [-0.2, 0) is 9.53 Å². The van der Waals surface area contributed by atoms with Gasteiger partial charge in [-0.2, -0.15) is 0 Å². The highest BCUT2D eigenvalue weighted by atomic mass is 19.1. The first-order valence-corrected chi connectivity index (χ1v) is 7.09. The van der Waals surface area contributed by atoms with Gasteiger partial charge in [0, 0.05) is 18.3 Å². The molecule has 1 N–H and O–H groups in total. The molecule has 1 saturated heterocycles. The fourth-order valence-corrected chi connectivity index (χ4v) is 2.52. The number of hydrogen-bond donors (Lipinski definition) is 1. The molecule has 4 nitrogen and oxygen atoms in total.